The number of nitrogens with one attached hydrogen (secondary N) is 1. The molecule has 0 aromatic carbocycles. The number of aryl methyl sites for hydroxylation is 1. The van der Waals surface area contributed by atoms with E-state index in [2.05, 4.69) is 20.2 Å². The Labute approximate surface area is 221 Å². The average molecular weight is 552 g/mol. The number of aliphatic hydroxyl groups is 1. The number of rotatable bonds is 7. The first-order chi connectivity index (χ1) is 18.3. The number of likely N-dealkylation sites (tertiary alicyclic amines) is 1. The summed E-state index contributed by atoms with van der Waals surface area (Å²) in [5, 5.41) is 13.6. The molecule has 3 aromatic rings. The fraction of sp³-hybridized carbons (Fsp3) is 0.500. The first kappa shape index (κ1) is 27.4. The Kier molecular flexibility index (Phi) is 7.12. The molecule has 0 aliphatic carbocycles. The number of hydrogen-bond acceptors (Lipinski definition) is 7. The summed E-state index contributed by atoms with van der Waals surface area (Å²) in [7, 11) is 0. The molecule has 2 saturated heterocycles. The van der Waals surface area contributed by atoms with Crippen molar-refractivity contribution in [3.63, 3.8) is 0 Å². The van der Waals surface area contributed by atoms with Crippen LogP contribution in [0.3, 0.4) is 0 Å². The molecule has 0 saturated carbocycles. The van der Waals surface area contributed by atoms with Gasteiger partial charge in [0.1, 0.15) is 5.69 Å². The van der Waals surface area contributed by atoms with Crippen LogP contribution in [-0.4, -0.2) is 87.1 Å². The summed E-state index contributed by atoms with van der Waals surface area (Å²) in [6, 6.07) is 3.37. The van der Waals surface area contributed by atoms with Crippen LogP contribution in [0.25, 0.3) is 16.7 Å². The highest BCUT2D eigenvalue weighted by Gasteiger charge is 2.40. The summed E-state index contributed by atoms with van der Waals surface area (Å²) in [5.74, 6) is -1.95. The van der Waals surface area contributed by atoms with Crippen LogP contribution >= 0.6 is 0 Å². The highest BCUT2D eigenvalue weighted by Crippen LogP contribution is 2.31. The molecule has 2 fully saturated rings. The number of hydrogen-bond donors (Lipinski definition) is 2. The Morgan fingerprint density at radius 2 is 1.92 bits per heavy atom. The van der Waals surface area contributed by atoms with Gasteiger partial charge in [0.05, 0.1) is 54.7 Å². The summed E-state index contributed by atoms with van der Waals surface area (Å²) in [5.41, 5.74) is -1.32. The third-order valence-corrected chi connectivity index (χ3v) is 6.86. The maximum atomic E-state index is 14.8. The van der Waals surface area contributed by atoms with Crippen molar-refractivity contribution in [1.82, 2.24) is 24.8 Å². The lowest BCUT2D eigenvalue weighted by Gasteiger charge is -2.34. The van der Waals surface area contributed by atoms with Gasteiger partial charge in [-0.1, -0.05) is 0 Å². The molecule has 0 radical (unpaired) electrons. The fourth-order valence-corrected chi connectivity index (χ4v) is 4.79. The number of fused-ring (bicyclic) bond motifs is 1. The topological polar surface area (TPSA) is 102 Å². The van der Waals surface area contributed by atoms with Crippen LogP contribution in [0.4, 0.5) is 17.6 Å². The molecule has 5 rings (SSSR count). The lowest BCUT2D eigenvalue weighted by molar-refractivity contribution is -0.138. The van der Waals surface area contributed by atoms with Gasteiger partial charge in [-0.15, -0.1) is 0 Å². The van der Waals surface area contributed by atoms with E-state index in [9.17, 15) is 27.5 Å². The summed E-state index contributed by atoms with van der Waals surface area (Å²) in [4.78, 5) is 23.4. The van der Waals surface area contributed by atoms with Gasteiger partial charge >= 0.3 is 6.18 Å². The monoisotopic (exact) mass is 551 g/mol. The van der Waals surface area contributed by atoms with Crippen LogP contribution in [0.5, 0.6) is 0 Å². The van der Waals surface area contributed by atoms with E-state index in [0.29, 0.717) is 55.2 Å². The molecule has 2 aliphatic rings. The van der Waals surface area contributed by atoms with Gasteiger partial charge in [-0.05, 0) is 39.0 Å². The Balaban J connectivity index is 1.40. The largest absolute Gasteiger partial charge is 0.417 e. The molecule has 9 nitrogen and oxygen atoms in total. The van der Waals surface area contributed by atoms with Crippen molar-refractivity contribution >= 4 is 16.8 Å². The van der Waals surface area contributed by atoms with E-state index in [0.717, 1.165) is 0 Å². The Morgan fingerprint density at radius 1 is 1.18 bits per heavy atom. The normalized spacial score (nSPS) is 20.9. The molecule has 210 valence electrons. The smallest absolute Gasteiger partial charge is 0.388 e. The van der Waals surface area contributed by atoms with Crippen molar-refractivity contribution in [2.75, 3.05) is 32.9 Å². The van der Waals surface area contributed by atoms with Crippen molar-refractivity contribution in [3.05, 3.63) is 53.4 Å². The third kappa shape index (κ3) is 5.76. The minimum atomic E-state index is -4.73. The van der Waals surface area contributed by atoms with Crippen LogP contribution < -0.4 is 5.32 Å². The number of alkyl halides is 3. The highest BCUT2D eigenvalue weighted by molar-refractivity contribution is 5.96. The maximum absolute atomic E-state index is 14.8. The number of ether oxygens (including phenoxy) is 2. The van der Waals surface area contributed by atoms with E-state index in [1.165, 1.54) is 16.8 Å². The lowest BCUT2D eigenvalue weighted by Crippen LogP contribution is -2.49. The molecule has 5 heterocycles. The Hall–Kier alpha value is -3.13. The van der Waals surface area contributed by atoms with Gasteiger partial charge < -0.3 is 19.9 Å². The summed E-state index contributed by atoms with van der Waals surface area (Å²) >= 11 is 0. The first-order valence-corrected chi connectivity index (χ1v) is 12.5. The van der Waals surface area contributed by atoms with Gasteiger partial charge in [-0.2, -0.15) is 13.2 Å². The Morgan fingerprint density at radius 3 is 2.54 bits per heavy atom. The fourth-order valence-electron chi connectivity index (χ4n) is 4.79. The molecule has 0 spiro atoms. The molecule has 2 aliphatic heterocycles. The molecule has 2 atom stereocenters. The van der Waals surface area contributed by atoms with Crippen molar-refractivity contribution in [2.45, 2.75) is 50.7 Å². The number of halogens is 4. The van der Waals surface area contributed by atoms with Crippen LogP contribution in [0.2, 0.25) is 0 Å². The quantitative estimate of drug-likeness (QED) is 0.436. The summed E-state index contributed by atoms with van der Waals surface area (Å²) in [6.07, 6.45) is -3.08. The van der Waals surface area contributed by atoms with Crippen molar-refractivity contribution in [2.24, 2.45) is 0 Å². The summed E-state index contributed by atoms with van der Waals surface area (Å²) in [6.45, 7) is 7.29. The summed E-state index contributed by atoms with van der Waals surface area (Å²) < 4.78 is 66.4. The highest BCUT2D eigenvalue weighted by atomic mass is 19.4. The van der Waals surface area contributed by atoms with Crippen LogP contribution in [-0.2, 0) is 15.7 Å². The number of aromatic nitrogens is 3. The standard InChI is InChI=1S/C26H29F4N5O4/c1-14-4-15-7-31-19(6-21(15)35(14)23-18(27)5-16(8-32-23)26(28,29)30)24(36)33-20-9-34(17-11-38-12-17)10-22(20)39-13-25(2,3)37/h4-8,17,20,22,37H,9-13H2,1-3H3,(H,33,36)/t20-,22-/m1/s1. The van der Waals surface area contributed by atoms with Gasteiger partial charge in [-0.25, -0.2) is 9.37 Å². The molecule has 2 N–H and O–H groups in total. The van der Waals surface area contributed by atoms with Gasteiger partial charge in [0, 0.05) is 36.6 Å². The molecule has 39 heavy (non-hydrogen) atoms. The predicted octanol–water partition coefficient (Wildman–Crippen LogP) is 2.86. The maximum Gasteiger partial charge on any atom is 0.417 e. The van der Waals surface area contributed by atoms with E-state index in [1.807, 2.05) is 0 Å². The Bertz CT molecular complexity index is 1380. The van der Waals surface area contributed by atoms with E-state index < -0.39 is 29.1 Å². The molecule has 0 unspecified atom stereocenters. The van der Waals surface area contributed by atoms with E-state index in [1.54, 1.807) is 26.8 Å². The molecule has 3 aromatic heterocycles. The number of amides is 1. The molecular formula is C26H29F4N5O4. The van der Waals surface area contributed by atoms with E-state index >= 15 is 0 Å². The molecule has 0 bridgehead atoms. The van der Waals surface area contributed by atoms with Crippen molar-refractivity contribution < 1.29 is 36.9 Å². The van der Waals surface area contributed by atoms with Gasteiger partial charge in [-0.3, -0.25) is 19.2 Å². The van der Waals surface area contributed by atoms with Crippen molar-refractivity contribution in [3.8, 4) is 5.82 Å². The zero-order valence-corrected chi connectivity index (χ0v) is 21.6. The second-order valence-corrected chi connectivity index (χ2v) is 10.7. The van der Waals surface area contributed by atoms with Crippen LogP contribution in [0.15, 0.2) is 30.6 Å². The molecular weight excluding hydrogens is 522 g/mol. The third-order valence-electron chi connectivity index (χ3n) is 6.86. The van der Waals surface area contributed by atoms with Crippen molar-refractivity contribution in [1.29, 1.82) is 0 Å². The molecule has 13 heteroatoms. The molecule has 1 amide bonds. The minimum absolute atomic E-state index is 0.0424. The van der Waals surface area contributed by atoms with Crippen LogP contribution in [0, 0.1) is 12.7 Å². The SMILES string of the molecule is Cc1cc2cnc(C(=O)N[C@@H]3CN(C4COC4)C[C@H]3OCC(C)(C)O)cc2n1-c1ncc(C(F)(F)F)cc1F. The number of nitrogens with zero attached hydrogens (tertiary/aromatic N) is 4. The average Bonchev–Trinajstić information content (AvgIpc) is 3.34. The van der Waals surface area contributed by atoms with Gasteiger partial charge in [0.2, 0.25) is 0 Å². The predicted molar refractivity (Wildman–Crippen MR) is 132 cm³/mol. The van der Waals surface area contributed by atoms with Crippen LogP contribution in [0.1, 0.15) is 35.6 Å². The van der Waals surface area contributed by atoms with Gasteiger partial charge in [0.15, 0.2) is 11.6 Å². The number of carbonyl (C=O) groups is 1. The minimum Gasteiger partial charge on any atom is -0.388 e. The van der Waals surface area contributed by atoms with E-state index in [-0.39, 0.29) is 36.3 Å². The first-order valence-electron chi connectivity index (χ1n) is 12.5. The lowest BCUT2D eigenvalue weighted by atomic mass is 10.1. The van der Waals surface area contributed by atoms with E-state index in [4.69, 9.17) is 9.47 Å². The number of pyridine rings is 2. The van der Waals surface area contributed by atoms with Gasteiger partial charge in [0.25, 0.3) is 5.91 Å². The second kappa shape index (κ2) is 10.1. The zero-order chi connectivity index (χ0) is 28.1. The zero-order valence-electron chi connectivity index (χ0n) is 21.6. The number of carbonyl (C=O) groups excluding carboxylic acids is 1. The second-order valence-electron chi connectivity index (χ2n) is 10.7.